The Hall–Kier alpha value is -0.810. The van der Waals surface area contributed by atoms with Gasteiger partial charge in [-0.1, -0.05) is 13.3 Å². The molecule has 21 heavy (non-hydrogen) atoms. The highest BCUT2D eigenvalue weighted by atomic mass is 19.4. The van der Waals surface area contributed by atoms with Crippen LogP contribution in [-0.2, 0) is 4.74 Å². The Labute approximate surface area is 111 Å². The van der Waals surface area contributed by atoms with Gasteiger partial charge in [-0.15, -0.1) is 0 Å². The lowest BCUT2D eigenvalue weighted by molar-refractivity contribution is -0.469. The van der Waals surface area contributed by atoms with Crippen molar-refractivity contribution in [1.29, 1.82) is 0 Å². The fraction of sp³-hybridized carbons (Fsp3) is 1.00. The summed E-state index contributed by atoms with van der Waals surface area (Å²) in [4.78, 5) is 0. The van der Waals surface area contributed by atoms with Gasteiger partial charge >= 0.3 is 30.1 Å². The molecule has 0 amide bonds. The van der Waals surface area contributed by atoms with E-state index in [4.69, 9.17) is 0 Å². The fourth-order valence-electron chi connectivity index (χ4n) is 1.26. The van der Waals surface area contributed by atoms with Crippen LogP contribution < -0.4 is 0 Å². The quantitative estimate of drug-likeness (QED) is 0.512. The van der Waals surface area contributed by atoms with E-state index in [1.54, 1.807) is 0 Å². The maximum Gasteiger partial charge on any atom is 0.452 e. The minimum Gasteiger partial charge on any atom is -0.336 e. The average Bonchev–Trinajstić information content (AvgIpc) is 2.23. The summed E-state index contributed by atoms with van der Waals surface area (Å²) < 4.78 is 140. The van der Waals surface area contributed by atoms with Crippen molar-refractivity contribution in [3.8, 4) is 0 Å². The number of hydrogen-bond acceptors (Lipinski definition) is 1. The van der Waals surface area contributed by atoms with Gasteiger partial charge in [-0.25, -0.2) is 4.39 Å². The zero-order chi connectivity index (χ0) is 17.3. The maximum atomic E-state index is 13.5. The molecule has 0 aliphatic rings. The first-order valence-corrected chi connectivity index (χ1v) is 5.28. The molecule has 1 atom stereocenters. The third-order valence-electron chi connectivity index (χ3n) is 2.39. The van der Waals surface area contributed by atoms with Crippen LogP contribution >= 0.6 is 0 Å². The normalized spacial score (nSPS) is 17.7. The number of ether oxygens (including phenoxy) is 1. The van der Waals surface area contributed by atoms with Crippen LogP contribution in [0.4, 0.5) is 48.3 Å². The van der Waals surface area contributed by atoms with Gasteiger partial charge in [0, 0.05) is 0 Å². The summed E-state index contributed by atoms with van der Waals surface area (Å²) >= 11 is 0. The van der Waals surface area contributed by atoms with Crippen molar-refractivity contribution in [1.82, 2.24) is 0 Å². The van der Waals surface area contributed by atoms with E-state index < -0.39 is 43.1 Å². The number of hydrogen-bond donors (Lipinski definition) is 0. The summed E-state index contributed by atoms with van der Waals surface area (Å²) in [5.41, 5.74) is -7.25. The number of halogens is 11. The molecule has 12 heteroatoms. The molecule has 0 rings (SSSR count). The molecule has 0 saturated heterocycles. The Bertz CT molecular complexity index is 327. The lowest BCUT2D eigenvalue weighted by atomic mass is 9.93. The van der Waals surface area contributed by atoms with Crippen molar-refractivity contribution < 1.29 is 53.0 Å². The van der Waals surface area contributed by atoms with Crippen LogP contribution in [-0.4, -0.2) is 36.7 Å². The molecule has 0 radical (unpaired) electrons. The third kappa shape index (κ3) is 3.34. The summed E-state index contributed by atoms with van der Waals surface area (Å²) in [5, 5.41) is 0. The Kier molecular flexibility index (Phi) is 5.54. The second-order valence-corrected chi connectivity index (χ2v) is 3.95. The summed E-state index contributed by atoms with van der Waals surface area (Å²) in [6.45, 7) is -0.197. The van der Waals surface area contributed by atoms with Gasteiger partial charge in [0.2, 0.25) is 0 Å². The van der Waals surface area contributed by atoms with E-state index >= 15 is 0 Å². The van der Waals surface area contributed by atoms with Gasteiger partial charge < -0.3 is 4.74 Å². The predicted molar refractivity (Wildman–Crippen MR) is 46.7 cm³/mol. The Balaban J connectivity index is 6.08. The number of alkyl halides is 11. The molecule has 0 spiro atoms. The van der Waals surface area contributed by atoms with Gasteiger partial charge in [0.1, 0.15) is 0 Å². The lowest BCUT2D eigenvalue weighted by Gasteiger charge is -2.41. The molecule has 1 unspecified atom stereocenters. The van der Waals surface area contributed by atoms with E-state index in [2.05, 4.69) is 4.74 Å². The Morgan fingerprint density at radius 3 is 1.29 bits per heavy atom. The van der Waals surface area contributed by atoms with Crippen LogP contribution in [0.15, 0.2) is 0 Å². The fourth-order valence-corrected chi connectivity index (χ4v) is 1.26. The molecular weight excluding hydrogens is 333 g/mol. The SMILES string of the molecule is CCCCOC(F)(C(F)(F)F)C(F)(C(F)(F)F)C(F)(F)F. The second-order valence-electron chi connectivity index (χ2n) is 3.95. The molecule has 0 aliphatic heterocycles. The summed E-state index contributed by atoms with van der Waals surface area (Å²) in [5.74, 6) is -6.61. The van der Waals surface area contributed by atoms with Gasteiger partial charge in [-0.2, -0.15) is 43.9 Å². The number of rotatable bonds is 5. The second kappa shape index (κ2) is 5.76. The first-order valence-electron chi connectivity index (χ1n) is 5.28. The van der Waals surface area contributed by atoms with Crippen molar-refractivity contribution in [3.63, 3.8) is 0 Å². The van der Waals surface area contributed by atoms with Crippen LogP contribution in [0.25, 0.3) is 0 Å². The minimum absolute atomic E-state index is 0.0364. The molecule has 0 aliphatic carbocycles. The Morgan fingerprint density at radius 1 is 0.667 bits per heavy atom. The van der Waals surface area contributed by atoms with E-state index in [0.29, 0.717) is 0 Å². The molecule has 0 aromatic heterocycles. The molecule has 0 bridgehead atoms. The topological polar surface area (TPSA) is 9.23 Å². The largest absolute Gasteiger partial charge is 0.452 e. The first-order chi connectivity index (χ1) is 9.06. The van der Waals surface area contributed by atoms with Crippen molar-refractivity contribution in [2.24, 2.45) is 0 Å². The average molecular weight is 342 g/mol. The van der Waals surface area contributed by atoms with Crippen LogP contribution in [0.3, 0.4) is 0 Å². The van der Waals surface area contributed by atoms with Gasteiger partial charge in [-0.05, 0) is 6.42 Å². The highest BCUT2D eigenvalue weighted by Crippen LogP contribution is 2.59. The van der Waals surface area contributed by atoms with Crippen LogP contribution in [0.1, 0.15) is 19.8 Å². The molecule has 0 N–H and O–H groups in total. The standard InChI is InChI=1S/C9H9F11O/c1-2-3-4-21-6(11,9(18,19)20)5(10,7(12,13)14)8(15,16)17/h2-4H2,1H3. The molecule has 0 aromatic carbocycles. The zero-order valence-electron chi connectivity index (χ0n) is 10.2. The third-order valence-corrected chi connectivity index (χ3v) is 2.39. The summed E-state index contributed by atoms with van der Waals surface area (Å²) in [6.07, 6.45) is -21.9. The molecule has 0 aromatic rings. The van der Waals surface area contributed by atoms with Gasteiger partial charge in [-0.3, -0.25) is 0 Å². The predicted octanol–water partition coefficient (Wildman–Crippen LogP) is 4.86. The molecule has 128 valence electrons. The van der Waals surface area contributed by atoms with E-state index in [-0.39, 0.29) is 6.42 Å². The van der Waals surface area contributed by atoms with Gasteiger partial charge in [0.15, 0.2) is 0 Å². The molecule has 0 fully saturated rings. The molecule has 0 heterocycles. The van der Waals surface area contributed by atoms with Crippen molar-refractivity contribution in [2.75, 3.05) is 6.61 Å². The van der Waals surface area contributed by atoms with Crippen molar-refractivity contribution in [2.45, 2.75) is 49.8 Å². The van der Waals surface area contributed by atoms with E-state index in [1.807, 2.05) is 0 Å². The lowest BCUT2D eigenvalue weighted by Crippen LogP contribution is -2.72. The molecular formula is C9H9F11O. The van der Waals surface area contributed by atoms with Crippen LogP contribution in [0, 0.1) is 0 Å². The molecule has 0 saturated carbocycles. The summed E-state index contributed by atoms with van der Waals surface area (Å²) in [6, 6.07) is 0. The van der Waals surface area contributed by atoms with E-state index in [1.165, 1.54) is 6.92 Å². The highest BCUT2D eigenvalue weighted by molar-refractivity contribution is 5.09. The summed E-state index contributed by atoms with van der Waals surface area (Å²) in [7, 11) is 0. The van der Waals surface area contributed by atoms with Gasteiger partial charge in [0.25, 0.3) is 0 Å². The minimum atomic E-state index is -7.25. The molecule has 1 nitrogen and oxygen atoms in total. The van der Waals surface area contributed by atoms with Gasteiger partial charge in [0.05, 0.1) is 6.61 Å². The number of unbranched alkanes of at least 4 members (excludes halogenated alkanes) is 1. The first kappa shape index (κ1) is 20.2. The monoisotopic (exact) mass is 342 g/mol. The van der Waals surface area contributed by atoms with Crippen molar-refractivity contribution >= 4 is 0 Å². The smallest absolute Gasteiger partial charge is 0.336 e. The Morgan fingerprint density at radius 2 is 1.05 bits per heavy atom. The van der Waals surface area contributed by atoms with E-state index in [9.17, 15) is 48.3 Å². The zero-order valence-corrected chi connectivity index (χ0v) is 10.2. The van der Waals surface area contributed by atoms with Crippen LogP contribution in [0.5, 0.6) is 0 Å². The van der Waals surface area contributed by atoms with E-state index in [0.717, 1.165) is 0 Å². The van der Waals surface area contributed by atoms with Crippen LogP contribution in [0.2, 0.25) is 0 Å². The highest BCUT2D eigenvalue weighted by Gasteiger charge is 2.90. The van der Waals surface area contributed by atoms with Crippen molar-refractivity contribution in [3.05, 3.63) is 0 Å². The maximum absolute atomic E-state index is 13.5.